The molecule has 2 rings (SSSR count). The van der Waals surface area contributed by atoms with Crippen molar-refractivity contribution in [1.82, 2.24) is 15.1 Å². The summed E-state index contributed by atoms with van der Waals surface area (Å²) in [6.45, 7) is 12.4. The van der Waals surface area contributed by atoms with Crippen LogP contribution in [0.2, 0.25) is 0 Å². The number of hydrogen-bond donors (Lipinski definition) is 1. The van der Waals surface area contributed by atoms with Crippen LogP contribution in [-0.2, 0) is 4.74 Å². The zero-order chi connectivity index (χ0) is 20.6. The van der Waals surface area contributed by atoms with Crippen LogP contribution in [0.15, 0.2) is 4.99 Å². The van der Waals surface area contributed by atoms with Gasteiger partial charge in [0.15, 0.2) is 5.96 Å². The number of likely N-dealkylation sites (tertiary alicyclic amines) is 1. The summed E-state index contributed by atoms with van der Waals surface area (Å²) in [4.78, 5) is 22.0. The van der Waals surface area contributed by atoms with Gasteiger partial charge in [-0.25, -0.2) is 4.79 Å². The zero-order valence-electron chi connectivity index (χ0n) is 18.9. The largest absolute Gasteiger partial charge is 0.444 e. The maximum absolute atomic E-state index is 12.8. The van der Waals surface area contributed by atoms with Crippen LogP contribution in [0.1, 0.15) is 59.8 Å². The van der Waals surface area contributed by atoms with Crippen molar-refractivity contribution in [2.24, 2.45) is 10.9 Å². The lowest BCUT2D eigenvalue weighted by Gasteiger charge is -2.40. The molecule has 0 unspecified atom stereocenters. The van der Waals surface area contributed by atoms with Crippen molar-refractivity contribution in [2.75, 3.05) is 44.7 Å². The van der Waals surface area contributed by atoms with Crippen LogP contribution >= 0.6 is 35.7 Å². The maximum atomic E-state index is 12.8. The summed E-state index contributed by atoms with van der Waals surface area (Å²) in [7, 11) is 0. The van der Waals surface area contributed by atoms with E-state index in [4.69, 9.17) is 9.73 Å². The molecule has 1 aliphatic carbocycles. The normalized spacial score (nSPS) is 18.2. The molecule has 0 atom stereocenters. The van der Waals surface area contributed by atoms with Crippen molar-refractivity contribution in [1.29, 1.82) is 0 Å². The van der Waals surface area contributed by atoms with E-state index in [0.29, 0.717) is 5.92 Å². The lowest BCUT2D eigenvalue weighted by atomic mass is 10.0. The molecule has 1 saturated carbocycles. The second kappa shape index (κ2) is 13.1. The van der Waals surface area contributed by atoms with E-state index >= 15 is 0 Å². The van der Waals surface area contributed by atoms with Crippen molar-refractivity contribution in [3.63, 3.8) is 0 Å². The van der Waals surface area contributed by atoms with E-state index in [-0.39, 0.29) is 36.1 Å². The fraction of sp³-hybridized carbons (Fsp3) is 0.905. The highest BCUT2D eigenvalue weighted by Crippen LogP contribution is 2.32. The summed E-state index contributed by atoms with van der Waals surface area (Å²) in [5.41, 5.74) is -0.443. The van der Waals surface area contributed by atoms with Crippen LogP contribution in [0, 0.1) is 5.92 Å². The molecule has 2 fully saturated rings. The smallest absolute Gasteiger partial charge is 0.410 e. The second-order valence-corrected chi connectivity index (χ2v) is 9.86. The molecule has 2 aliphatic rings. The van der Waals surface area contributed by atoms with Gasteiger partial charge in [-0.15, -0.1) is 24.0 Å². The van der Waals surface area contributed by atoms with Gasteiger partial charge in [0, 0.05) is 38.8 Å². The number of carbonyl (C=O) groups excluding carboxylic acids is 1. The molecule has 29 heavy (non-hydrogen) atoms. The Hall–Kier alpha value is -0.380. The minimum absolute atomic E-state index is 0. The van der Waals surface area contributed by atoms with E-state index in [2.05, 4.69) is 23.4 Å². The van der Waals surface area contributed by atoms with Crippen molar-refractivity contribution >= 4 is 47.8 Å². The molecule has 6 nitrogen and oxygen atoms in total. The van der Waals surface area contributed by atoms with Gasteiger partial charge in [0.2, 0.25) is 0 Å². The summed E-state index contributed by atoms with van der Waals surface area (Å²) in [5, 5.41) is 3.43. The number of halogens is 1. The topological polar surface area (TPSA) is 57.2 Å². The average molecular weight is 541 g/mol. The predicted octanol–water partition coefficient (Wildman–Crippen LogP) is 4.43. The van der Waals surface area contributed by atoms with E-state index < -0.39 is 5.60 Å². The minimum atomic E-state index is -0.443. The molecule has 170 valence electrons. The lowest BCUT2D eigenvalue weighted by molar-refractivity contribution is 0.00928. The van der Waals surface area contributed by atoms with Crippen LogP contribution in [-0.4, -0.2) is 78.2 Å². The molecule has 0 radical (unpaired) electrons. The SMILES string of the molecule is CCNC(=NCCCSC)N1CCC(N(CC2CC2)C(=O)OC(C)(C)C)CC1.I. The van der Waals surface area contributed by atoms with Crippen molar-refractivity contribution in [3.05, 3.63) is 0 Å². The molecular formula is C21H41IN4O2S. The fourth-order valence-electron chi connectivity index (χ4n) is 3.48. The Morgan fingerprint density at radius 1 is 1.24 bits per heavy atom. The van der Waals surface area contributed by atoms with Gasteiger partial charge in [0.1, 0.15) is 5.60 Å². The molecule has 1 N–H and O–H groups in total. The monoisotopic (exact) mass is 540 g/mol. The van der Waals surface area contributed by atoms with Gasteiger partial charge in [0.25, 0.3) is 0 Å². The minimum Gasteiger partial charge on any atom is -0.444 e. The van der Waals surface area contributed by atoms with E-state index in [0.717, 1.165) is 63.7 Å². The second-order valence-electron chi connectivity index (χ2n) is 8.88. The maximum Gasteiger partial charge on any atom is 0.410 e. The Morgan fingerprint density at radius 2 is 1.90 bits per heavy atom. The number of hydrogen-bond acceptors (Lipinski definition) is 4. The van der Waals surface area contributed by atoms with Gasteiger partial charge in [-0.1, -0.05) is 0 Å². The number of ether oxygens (including phenoxy) is 1. The number of piperidine rings is 1. The number of carbonyl (C=O) groups is 1. The Morgan fingerprint density at radius 3 is 2.41 bits per heavy atom. The Balaban J connectivity index is 0.00000420. The van der Waals surface area contributed by atoms with E-state index in [9.17, 15) is 4.79 Å². The van der Waals surface area contributed by atoms with Crippen LogP contribution < -0.4 is 5.32 Å². The van der Waals surface area contributed by atoms with Crippen LogP contribution in [0.3, 0.4) is 0 Å². The Kier molecular flexibility index (Phi) is 12.1. The third kappa shape index (κ3) is 9.98. The predicted molar refractivity (Wildman–Crippen MR) is 135 cm³/mol. The summed E-state index contributed by atoms with van der Waals surface area (Å²) in [6, 6.07) is 0.270. The number of thioether (sulfide) groups is 1. The number of aliphatic imine (C=N–C) groups is 1. The van der Waals surface area contributed by atoms with Crippen LogP contribution in [0.25, 0.3) is 0 Å². The van der Waals surface area contributed by atoms with Crippen LogP contribution in [0.4, 0.5) is 4.79 Å². The van der Waals surface area contributed by atoms with Crippen molar-refractivity contribution < 1.29 is 9.53 Å². The number of guanidine groups is 1. The first-order valence-electron chi connectivity index (χ1n) is 10.9. The summed E-state index contributed by atoms with van der Waals surface area (Å²) >= 11 is 1.87. The zero-order valence-corrected chi connectivity index (χ0v) is 22.1. The Bertz CT molecular complexity index is 515. The van der Waals surface area contributed by atoms with Gasteiger partial charge in [-0.2, -0.15) is 11.8 Å². The Labute approximate surface area is 199 Å². The molecule has 1 saturated heterocycles. The fourth-order valence-corrected chi connectivity index (χ4v) is 3.90. The van der Waals surface area contributed by atoms with Gasteiger partial charge in [-0.05, 0) is 77.7 Å². The van der Waals surface area contributed by atoms with E-state index in [1.54, 1.807) is 0 Å². The highest BCUT2D eigenvalue weighted by atomic mass is 127. The van der Waals surface area contributed by atoms with Crippen molar-refractivity contribution in [2.45, 2.75) is 71.4 Å². The standard InChI is InChI=1S/C21H40N4O2S.HI/c1-6-22-19(23-12-7-15-28-5)24-13-10-18(11-14-24)25(16-17-8-9-17)20(26)27-21(2,3)4;/h17-18H,6-16H2,1-5H3,(H,22,23);1H. The highest BCUT2D eigenvalue weighted by Gasteiger charge is 2.35. The molecule has 0 spiro atoms. The number of nitrogens with zero attached hydrogens (tertiary/aromatic N) is 3. The van der Waals surface area contributed by atoms with Gasteiger partial charge < -0.3 is 19.9 Å². The van der Waals surface area contributed by atoms with Gasteiger partial charge in [0.05, 0.1) is 0 Å². The number of rotatable bonds is 8. The third-order valence-electron chi connectivity index (χ3n) is 5.09. The number of nitrogens with one attached hydrogen (secondary N) is 1. The quantitative estimate of drug-likeness (QED) is 0.214. The van der Waals surface area contributed by atoms with Gasteiger partial charge >= 0.3 is 6.09 Å². The molecule has 8 heteroatoms. The van der Waals surface area contributed by atoms with Crippen molar-refractivity contribution in [3.8, 4) is 0 Å². The average Bonchev–Trinajstić information content (AvgIpc) is 3.45. The molecular weight excluding hydrogens is 499 g/mol. The van der Waals surface area contributed by atoms with E-state index in [1.165, 1.54) is 12.8 Å². The molecule has 0 aromatic rings. The molecule has 1 aliphatic heterocycles. The lowest BCUT2D eigenvalue weighted by Crippen LogP contribution is -2.52. The molecule has 0 aromatic carbocycles. The van der Waals surface area contributed by atoms with E-state index in [1.807, 2.05) is 37.4 Å². The third-order valence-corrected chi connectivity index (χ3v) is 5.78. The first kappa shape index (κ1) is 26.7. The molecule has 1 heterocycles. The summed E-state index contributed by atoms with van der Waals surface area (Å²) in [5.74, 6) is 2.84. The first-order chi connectivity index (χ1) is 13.3. The molecule has 0 bridgehead atoms. The molecule has 0 aromatic heterocycles. The number of amides is 1. The highest BCUT2D eigenvalue weighted by molar-refractivity contribution is 14.0. The van der Waals surface area contributed by atoms with Crippen LogP contribution in [0.5, 0.6) is 0 Å². The molecule has 1 amide bonds. The summed E-state index contributed by atoms with van der Waals surface area (Å²) in [6.07, 6.45) is 7.53. The first-order valence-corrected chi connectivity index (χ1v) is 12.2. The summed E-state index contributed by atoms with van der Waals surface area (Å²) < 4.78 is 5.71. The van der Waals surface area contributed by atoms with Gasteiger partial charge in [-0.3, -0.25) is 4.99 Å².